The van der Waals surface area contributed by atoms with Crippen LogP contribution in [0.2, 0.25) is 0 Å². The van der Waals surface area contributed by atoms with Crippen molar-refractivity contribution in [2.24, 2.45) is 0 Å². The van der Waals surface area contributed by atoms with E-state index in [0.717, 1.165) is 31.0 Å². The van der Waals surface area contributed by atoms with Gasteiger partial charge in [-0.3, -0.25) is 4.90 Å². The van der Waals surface area contributed by atoms with Gasteiger partial charge >= 0.3 is 0 Å². The maximum absolute atomic E-state index is 5.80. The Hall–Kier alpha value is -1.16. The van der Waals surface area contributed by atoms with E-state index in [0.29, 0.717) is 5.82 Å². The molecule has 0 aliphatic carbocycles. The third-order valence-corrected chi connectivity index (χ3v) is 3.53. The second-order valence-corrected chi connectivity index (χ2v) is 4.71. The fourth-order valence-electron chi connectivity index (χ4n) is 2.61. The summed E-state index contributed by atoms with van der Waals surface area (Å²) in [7, 11) is 0. The van der Waals surface area contributed by atoms with Crippen molar-refractivity contribution in [1.29, 1.82) is 0 Å². The zero-order chi connectivity index (χ0) is 11.8. The standard InChI is InChI=1S/C12H20N4/c1-4-16-7-5-6-12(16,3)11-14-9(2)8-10(13)15-11/h8H,4-7H2,1-3H3,(H2,13,14,15)/t12-/m1/s1. The first-order chi connectivity index (χ1) is 7.56. The lowest BCUT2D eigenvalue weighted by Gasteiger charge is -2.33. The lowest BCUT2D eigenvalue weighted by atomic mass is 9.97. The first kappa shape index (κ1) is 11.3. The highest BCUT2D eigenvalue weighted by Gasteiger charge is 2.39. The summed E-state index contributed by atoms with van der Waals surface area (Å²) < 4.78 is 0. The van der Waals surface area contributed by atoms with Crippen LogP contribution in [0.3, 0.4) is 0 Å². The van der Waals surface area contributed by atoms with Gasteiger partial charge in [0.2, 0.25) is 0 Å². The highest BCUT2D eigenvalue weighted by atomic mass is 15.2. The Labute approximate surface area is 96.9 Å². The normalized spacial score (nSPS) is 26.2. The average Bonchev–Trinajstić information content (AvgIpc) is 2.59. The van der Waals surface area contributed by atoms with Crippen LogP contribution in [-0.4, -0.2) is 28.0 Å². The van der Waals surface area contributed by atoms with Gasteiger partial charge < -0.3 is 5.73 Å². The van der Waals surface area contributed by atoms with Crippen LogP contribution < -0.4 is 5.73 Å². The first-order valence-corrected chi connectivity index (χ1v) is 5.93. The fraction of sp³-hybridized carbons (Fsp3) is 0.667. The Kier molecular flexibility index (Phi) is 2.84. The molecule has 0 bridgehead atoms. The number of hydrogen-bond donors (Lipinski definition) is 1. The molecule has 1 aromatic rings. The minimum Gasteiger partial charge on any atom is -0.384 e. The Bertz CT molecular complexity index is 370. The molecular formula is C12H20N4. The summed E-state index contributed by atoms with van der Waals surface area (Å²) in [6.45, 7) is 8.54. The minimum absolute atomic E-state index is 0.0328. The number of hydrogen-bond acceptors (Lipinski definition) is 4. The lowest BCUT2D eigenvalue weighted by molar-refractivity contribution is 0.155. The quantitative estimate of drug-likeness (QED) is 0.824. The summed E-state index contributed by atoms with van der Waals surface area (Å²) in [5.74, 6) is 1.45. The molecule has 0 aromatic carbocycles. The van der Waals surface area contributed by atoms with Crippen molar-refractivity contribution in [3.05, 3.63) is 17.6 Å². The summed E-state index contributed by atoms with van der Waals surface area (Å²) in [5.41, 5.74) is 6.72. The predicted molar refractivity (Wildman–Crippen MR) is 65.0 cm³/mol. The second kappa shape index (κ2) is 4.01. The number of nitrogens with two attached hydrogens (primary N) is 1. The zero-order valence-corrected chi connectivity index (χ0v) is 10.3. The van der Waals surface area contributed by atoms with E-state index in [2.05, 4.69) is 28.7 Å². The van der Waals surface area contributed by atoms with Gasteiger partial charge in [0.1, 0.15) is 5.82 Å². The molecule has 1 aromatic heterocycles. The van der Waals surface area contributed by atoms with E-state index in [4.69, 9.17) is 5.73 Å². The highest BCUT2D eigenvalue weighted by molar-refractivity contribution is 5.31. The number of rotatable bonds is 2. The van der Waals surface area contributed by atoms with Crippen LogP contribution in [0.25, 0.3) is 0 Å². The van der Waals surface area contributed by atoms with E-state index in [-0.39, 0.29) is 5.54 Å². The second-order valence-electron chi connectivity index (χ2n) is 4.71. The molecule has 4 nitrogen and oxygen atoms in total. The molecular weight excluding hydrogens is 200 g/mol. The van der Waals surface area contributed by atoms with E-state index in [1.54, 1.807) is 0 Å². The van der Waals surface area contributed by atoms with E-state index >= 15 is 0 Å². The van der Waals surface area contributed by atoms with Crippen molar-refractivity contribution in [2.75, 3.05) is 18.8 Å². The van der Waals surface area contributed by atoms with Gasteiger partial charge in [-0.15, -0.1) is 0 Å². The maximum Gasteiger partial charge on any atom is 0.150 e. The molecule has 0 saturated carbocycles. The first-order valence-electron chi connectivity index (χ1n) is 5.93. The van der Waals surface area contributed by atoms with Crippen molar-refractivity contribution in [3.8, 4) is 0 Å². The largest absolute Gasteiger partial charge is 0.384 e. The average molecular weight is 220 g/mol. The van der Waals surface area contributed by atoms with Gasteiger partial charge in [0.25, 0.3) is 0 Å². The lowest BCUT2D eigenvalue weighted by Crippen LogP contribution is -2.40. The molecule has 2 heterocycles. The number of aromatic nitrogens is 2. The Balaban J connectivity index is 2.41. The Morgan fingerprint density at radius 1 is 1.50 bits per heavy atom. The van der Waals surface area contributed by atoms with Crippen molar-refractivity contribution >= 4 is 5.82 Å². The summed E-state index contributed by atoms with van der Waals surface area (Å²) >= 11 is 0. The molecule has 0 amide bonds. The summed E-state index contributed by atoms with van der Waals surface area (Å²) in [5, 5.41) is 0. The molecule has 0 spiro atoms. The smallest absolute Gasteiger partial charge is 0.150 e. The molecule has 1 saturated heterocycles. The van der Waals surface area contributed by atoms with E-state index in [1.807, 2.05) is 13.0 Å². The van der Waals surface area contributed by atoms with E-state index < -0.39 is 0 Å². The van der Waals surface area contributed by atoms with Crippen LogP contribution in [0.1, 0.15) is 38.2 Å². The van der Waals surface area contributed by atoms with Crippen LogP contribution in [0.5, 0.6) is 0 Å². The van der Waals surface area contributed by atoms with Gasteiger partial charge in [-0.2, -0.15) is 0 Å². The molecule has 1 fully saturated rings. The van der Waals surface area contributed by atoms with Crippen molar-refractivity contribution in [3.63, 3.8) is 0 Å². The third kappa shape index (κ3) is 1.78. The maximum atomic E-state index is 5.80. The predicted octanol–water partition coefficient (Wildman–Crippen LogP) is 1.70. The molecule has 2 rings (SSSR count). The van der Waals surface area contributed by atoms with Gasteiger partial charge in [0.05, 0.1) is 5.54 Å². The van der Waals surface area contributed by atoms with Crippen LogP contribution in [0.15, 0.2) is 6.07 Å². The molecule has 1 atom stereocenters. The van der Waals surface area contributed by atoms with Gasteiger partial charge in [0, 0.05) is 11.8 Å². The third-order valence-electron chi connectivity index (χ3n) is 3.53. The molecule has 0 unspecified atom stereocenters. The zero-order valence-electron chi connectivity index (χ0n) is 10.3. The molecule has 4 heteroatoms. The van der Waals surface area contributed by atoms with Crippen molar-refractivity contribution in [1.82, 2.24) is 14.9 Å². The molecule has 1 aliphatic heterocycles. The number of nitrogen functional groups attached to an aromatic ring is 1. The number of aryl methyl sites for hydroxylation is 1. The Morgan fingerprint density at radius 3 is 2.88 bits per heavy atom. The van der Waals surface area contributed by atoms with Crippen molar-refractivity contribution in [2.45, 2.75) is 39.2 Å². The van der Waals surface area contributed by atoms with Gasteiger partial charge in [-0.25, -0.2) is 9.97 Å². The number of likely N-dealkylation sites (tertiary alicyclic amines) is 1. The van der Waals surface area contributed by atoms with Crippen LogP contribution in [-0.2, 0) is 5.54 Å². The van der Waals surface area contributed by atoms with E-state index in [1.165, 1.54) is 6.42 Å². The topological polar surface area (TPSA) is 55.0 Å². The van der Waals surface area contributed by atoms with Crippen molar-refractivity contribution < 1.29 is 0 Å². The summed E-state index contributed by atoms with van der Waals surface area (Å²) in [6.07, 6.45) is 2.32. The SMILES string of the molecule is CCN1CCC[C@]1(C)c1nc(C)cc(N)n1. The summed E-state index contributed by atoms with van der Waals surface area (Å²) in [6, 6.07) is 1.82. The molecule has 1 aliphatic rings. The minimum atomic E-state index is -0.0328. The summed E-state index contributed by atoms with van der Waals surface area (Å²) in [4.78, 5) is 11.4. The van der Waals surface area contributed by atoms with Gasteiger partial charge in [0.15, 0.2) is 5.82 Å². The fourth-order valence-corrected chi connectivity index (χ4v) is 2.61. The number of nitrogens with zero attached hydrogens (tertiary/aromatic N) is 3. The van der Waals surface area contributed by atoms with Crippen LogP contribution in [0, 0.1) is 6.92 Å². The van der Waals surface area contributed by atoms with Crippen LogP contribution >= 0.6 is 0 Å². The van der Waals surface area contributed by atoms with Crippen LogP contribution in [0.4, 0.5) is 5.82 Å². The highest BCUT2D eigenvalue weighted by Crippen LogP contribution is 2.36. The number of anilines is 1. The monoisotopic (exact) mass is 220 g/mol. The molecule has 16 heavy (non-hydrogen) atoms. The van der Waals surface area contributed by atoms with E-state index in [9.17, 15) is 0 Å². The molecule has 88 valence electrons. The van der Waals surface area contributed by atoms with Gasteiger partial charge in [-0.05, 0) is 39.8 Å². The van der Waals surface area contributed by atoms with Gasteiger partial charge in [-0.1, -0.05) is 6.92 Å². The molecule has 0 radical (unpaired) electrons. The molecule has 2 N–H and O–H groups in total. The Morgan fingerprint density at radius 2 is 2.25 bits per heavy atom.